The first kappa shape index (κ1) is 15.5. The van der Waals surface area contributed by atoms with Gasteiger partial charge in [0.1, 0.15) is 11.6 Å². The normalized spacial score (nSPS) is 11.4. The summed E-state index contributed by atoms with van der Waals surface area (Å²) < 4.78 is 5.30. The standard InChI is InChI=1S/C16H20N2O2S/c1-10-5-11(7-12(17)6-10)15(19)20-8-14-18-13(9-21-14)16(2,3)4/h5-7,9H,8,17H2,1-4H3. The Hall–Kier alpha value is -1.88. The molecule has 0 saturated heterocycles. The van der Waals surface area contributed by atoms with Crippen LogP contribution in [0, 0.1) is 6.92 Å². The van der Waals surface area contributed by atoms with Gasteiger partial charge in [-0.2, -0.15) is 0 Å². The van der Waals surface area contributed by atoms with Crippen LogP contribution in [0.3, 0.4) is 0 Å². The molecule has 1 aromatic heterocycles. The number of hydrogen-bond donors (Lipinski definition) is 1. The number of benzene rings is 1. The van der Waals surface area contributed by atoms with Crippen LogP contribution < -0.4 is 5.73 Å². The molecule has 2 N–H and O–H groups in total. The fourth-order valence-corrected chi connectivity index (χ4v) is 2.79. The quantitative estimate of drug-likeness (QED) is 0.694. The lowest BCUT2D eigenvalue weighted by Crippen LogP contribution is -2.12. The molecular formula is C16H20N2O2S. The van der Waals surface area contributed by atoms with Crippen molar-refractivity contribution in [1.29, 1.82) is 0 Å². The average molecular weight is 304 g/mol. The monoisotopic (exact) mass is 304 g/mol. The first-order valence-electron chi connectivity index (χ1n) is 6.75. The van der Waals surface area contributed by atoms with Gasteiger partial charge in [-0.15, -0.1) is 11.3 Å². The molecule has 5 heteroatoms. The molecule has 0 bridgehead atoms. The van der Waals surface area contributed by atoms with E-state index in [1.807, 2.05) is 18.4 Å². The van der Waals surface area contributed by atoms with Gasteiger partial charge in [-0.25, -0.2) is 9.78 Å². The van der Waals surface area contributed by atoms with Crippen molar-refractivity contribution in [3.05, 3.63) is 45.4 Å². The van der Waals surface area contributed by atoms with Crippen molar-refractivity contribution in [2.75, 3.05) is 5.73 Å². The highest BCUT2D eigenvalue weighted by Crippen LogP contribution is 2.24. The zero-order valence-corrected chi connectivity index (χ0v) is 13.6. The summed E-state index contributed by atoms with van der Waals surface area (Å²) in [5.74, 6) is -0.377. The number of carbonyl (C=O) groups excluding carboxylic acids is 1. The first-order valence-corrected chi connectivity index (χ1v) is 7.63. The lowest BCUT2D eigenvalue weighted by molar-refractivity contribution is 0.0472. The fraction of sp³-hybridized carbons (Fsp3) is 0.375. The second kappa shape index (κ2) is 5.85. The van der Waals surface area contributed by atoms with Crippen LogP contribution in [-0.4, -0.2) is 11.0 Å². The highest BCUT2D eigenvalue weighted by Gasteiger charge is 2.18. The van der Waals surface area contributed by atoms with Gasteiger partial charge in [0, 0.05) is 16.5 Å². The van der Waals surface area contributed by atoms with Crippen LogP contribution in [0.1, 0.15) is 47.4 Å². The van der Waals surface area contributed by atoms with E-state index >= 15 is 0 Å². The summed E-state index contributed by atoms with van der Waals surface area (Å²) in [5.41, 5.74) is 8.72. The summed E-state index contributed by atoms with van der Waals surface area (Å²) in [6.45, 7) is 8.39. The molecule has 0 atom stereocenters. The molecule has 0 aliphatic rings. The third kappa shape index (κ3) is 4.04. The maximum atomic E-state index is 12.0. The molecule has 2 rings (SSSR count). The third-order valence-electron chi connectivity index (χ3n) is 2.98. The molecule has 112 valence electrons. The van der Waals surface area contributed by atoms with E-state index in [1.165, 1.54) is 11.3 Å². The fourth-order valence-electron chi connectivity index (χ4n) is 1.86. The summed E-state index contributed by atoms with van der Waals surface area (Å²) >= 11 is 1.51. The van der Waals surface area contributed by atoms with Gasteiger partial charge in [0.25, 0.3) is 0 Å². The highest BCUT2D eigenvalue weighted by molar-refractivity contribution is 7.09. The van der Waals surface area contributed by atoms with E-state index in [-0.39, 0.29) is 18.0 Å². The van der Waals surface area contributed by atoms with Gasteiger partial charge < -0.3 is 10.5 Å². The lowest BCUT2D eigenvalue weighted by atomic mass is 9.93. The van der Waals surface area contributed by atoms with E-state index in [4.69, 9.17) is 10.5 Å². The maximum absolute atomic E-state index is 12.0. The second-order valence-electron chi connectivity index (χ2n) is 6.08. The van der Waals surface area contributed by atoms with Gasteiger partial charge in [-0.05, 0) is 30.7 Å². The van der Waals surface area contributed by atoms with Gasteiger partial charge in [0.2, 0.25) is 0 Å². The molecule has 1 heterocycles. The van der Waals surface area contributed by atoms with E-state index in [0.717, 1.165) is 16.3 Å². The number of esters is 1. The number of rotatable bonds is 3. The molecule has 0 aliphatic carbocycles. The number of nitrogen functional groups attached to an aromatic ring is 1. The van der Waals surface area contributed by atoms with E-state index in [0.29, 0.717) is 11.3 Å². The molecule has 21 heavy (non-hydrogen) atoms. The predicted octanol–water partition coefficient (Wildman–Crippen LogP) is 3.69. The van der Waals surface area contributed by atoms with Gasteiger partial charge >= 0.3 is 5.97 Å². The number of anilines is 1. The number of nitrogens with two attached hydrogens (primary N) is 1. The van der Waals surface area contributed by atoms with Crippen molar-refractivity contribution in [3.63, 3.8) is 0 Å². The molecule has 0 radical (unpaired) electrons. The highest BCUT2D eigenvalue weighted by atomic mass is 32.1. The molecule has 4 nitrogen and oxygen atoms in total. The SMILES string of the molecule is Cc1cc(N)cc(C(=O)OCc2nc(C(C)(C)C)cs2)c1. The summed E-state index contributed by atoms with van der Waals surface area (Å²) in [4.78, 5) is 16.5. The molecule has 0 spiro atoms. The number of hydrogen-bond acceptors (Lipinski definition) is 5. The van der Waals surface area contributed by atoms with Crippen LogP contribution in [-0.2, 0) is 16.8 Å². The number of aromatic nitrogens is 1. The van der Waals surface area contributed by atoms with E-state index in [1.54, 1.807) is 12.1 Å². The van der Waals surface area contributed by atoms with E-state index in [2.05, 4.69) is 25.8 Å². The molecule has 0 aliphatic heterocycles. The lowest BCUT2D eigenvalue weighted by Gasteiger charge is -2.14. The molecule has 0 fully saturated rings. The van der Waals surface area contributed by atoms with Crippen LogP contribution >= 0.6 is 11.3 Å². The van der Waals surface area contributed by atoms with Crippen molar-refractivity contribution < 1.29 is 9.53 Å². The number of carbonyl (C=O) groups is 1. The van der Waals surface area contributed by atoms with Crippen molar-refractivity contribution in [2.24, 2.45) is 0 Å². The Kier molecular flexibility index (Phi) is 4.32. The summed E-state index contributed by atoms with van der Waals surface area (Å²) in [5, 5.41) is 2.81. The molecule has 1 aromatic carbocycles. The van der Waals surface area contributed by atoms with Crippen molar-refractivity contribution >= 4 is 23.0 Å². The Morgan fingerprint density at radius 3 is 2.62 bits per heavy atom. The minimum atomic E-state index is -0.377. The largest absolute Gasteiger partial charge is 0.455 e. The Morgan fingerprint density at radius 2 is 2.05 bits per heavy atom. The Bertz CT molecular complexity index is 636. The number of ether oxygens (including phenoxy) is 1. The van der Waals surface area contributed by atoms with Crippen LogP contribution in [0.4, 0.5) is 5.69 Å². The van der Waals surface area contributed by atoms with Crippen LogP contribution in [0.25, 0.3) is 0 Å². The van der Waals surface area contributed by atoms with Crippen molar-refractivity contribution in [1.82, 2.24) is 4.98 Å². The Morgan fingerprint density at radius 1 is 1.33 bits per heavy atom. The molecule has 2 aromatic rings. The van der Waals surface area contributed by atoms with Gasteiger partial charge in [0.15, 0.2) is 0 Å². The maximum Gasteiger partial charge on any atom is 0.338 e. The zero-order valence-electron chi connectivity index (χ0n) is 12.8. The van der Waals surface area contributed by atoms with Crippen LogP contribution in [0.5, 0.6) is 0 Å². The smallest absolute Gasteiger partial charge is 0.338 e. The summed E-state index contributed by atoms with van der Waals surface area (Å²) in [7, 11) is 0. The van der Waals surface area contributed by atoms with Crippen LogP contribution in [0.15, 0.2) is 23.6 Å². The van der Waals surface area contributed by atoms with Crippen LogP contribution in [0.2, 0.25) is 0 Å². The average Bonchev–Trinajstić information content (AvgIpc) is 2.83. The van der Waals surface area contributed by atoms with Gasteiger partial charge in [-0.3, -0.25) is 0 Å². The third-order valence-corrected chi connectivity index (χ3v) is 3.80. The number of aryl methyl sites for hydroxylation is 1. The van der Waals surface area contributed by atoms with Gasteiger partial charge in [0.05, 0.1) is 11.3 Å². The summed E-state index contributed by atoms with van der Waals surface area (Å²) in [6.07, 6.45) is 0. The number of thiazole rings is 1. The Balaban J connectivity index is 2.02. The van der Waals surface area contributed by atoms with Crippen molar-refractivity contribution in [3.8, 4) is 0 Å². The summed E-state index contributed by atoms with van der Waals surface area (Å²) in [6, 6.07) is 5.20. The molecular weight excluding hydrogens is 284 g/mol. The molecule has 0 unspecified atom stereocenters. The minimum absolute atomic E-state index is 0.00372. The first-order chi connectivity index (χ1) is 9.75. The predicted molar refractivity (Wildman–Crippen MR) is 85.5 cm³/mol. The second-order valence-corrected chi connectivity index (χ2v) is 7.03. The minimum Gasteiger partial charge on any atom is -0.455 e. The molecule has 0 saturated carbocycles. The number of nitrogens with zero attached hydrogens (tertiary/aromatic N) is 1. The zero-order chi connectivity index (χ0) is 15.6. The van der Waals surface area contributed by atoms with Crippen molar-refractivity contribution in [2.45, 2.75) is 39.7 Å². The van der Waals surface area contributed by atoms with E-state index < -0.39 is 0 Å². The Labute approximate surface area is 129 Å². The van der Waals surface area contributed by atoms with E-state index in [9.17, 15) is 4.79 Å². The van der Waals surface area contributed by atoms with Gasteiger partial charge in [-0.1, -0.05) is 20.8 Å². The topological polar surface area (TPSA) is 65.2 Å². The molecule has 0 amide bonds.